The predicted octanol–water partition coefficient (Wildman–Crippen LogP) is 3.07. The van der Waals surface area contributed by atoms with Crippen LogP contribution in [-0.2, 0) is 0 Å². The van der Waals surface area contributed by atoms with Crippen LogP contribution in [0.4, 0.5) is 4.39 Å². The zero-order chi connectivity index (χ0) is 11.7. The van der Waals surface area contributed by atoms with Gasteiger partial charge in [0.15, 0.2) is 0 Å². The molecule has 0 N–H and O–H groups in total. The lowest BCUT2D eigenvalue weighted by Crippen LogP contribution is -2.29. The highest BCUT2D eigenvalue weighted by molar-refractivity contribution is 9.10. The topological polar surface area (TPSA) is 20.3 Å². The van der Waals surface area contributed by atoms with Crippen LogP contribution in [0, 0.1) is 11.7 Å². The molecule has 86 valence electrons. The molecule has 1 aromatic carbocycles. The smallest absolute Gasteiger partial charge is 0.254 e. The first-order chi connectivity index (χ1) is 7.58. The quantitative estimate of drug-likeness (QED) is 0.836. The molecule has 1 saturated carbocycles. The normalized spacial score (nSPS) is 14.9. The molecule has 2 nitrogen and oxygen atoms in total. The minimum atomic E-state index is -0.340. The summed E-state index contributed by atoms with van der Waals surface area (Å²) in [6, 6.07) is 4.15. The average Bonchev–Trinajstić information content (AvgIpc) is 3.00. The molecule has 4 heteroatoms. The van der Waals surface area contributed by atoms with Crippen LogP contribution in [0.25, 0.3) is 0 Å². The Morgan fingerprint density at radius 2 is 2.25 bits per heavy atom. The van der Waals surface area contributed by atoms with Crippen LogP contribution < -0.4 is 0 Å². The number of carbonyl (C=O) groups excluding carboxylic acids is 1. The van der Waals surface area contributed by atoms with Crippen LogP contribution in [-0.4, -0.2) is 24.4 Å². The highest BCUT2D eigenvalue weighted by atomic mass is 79.9. The van der Waals surface area contributed by atoms with Gasteiger partial charge in [-0.05, 0) is 52.9 Å². The minimum Gasteiger partial charge on any atom is -0.341 e. The largest absolute Gasteiger partial charge is 0.341 e. The summed E-state index contributed by atoms with van der Waals surface area (Å²) in [6.07, 6.45) is 2.42. The molecule has 0 bridgehead atoms. The number of benzene rings is 1. The van der Waals surface area contributed by atoms with E-state index in [2.05, 4.69) is 15.9 Å². The highest BCUT2D eigenvalue weighted by Crippen LogP contribution is 2.30. The van der Waals surface area contributed by atoms with Gasteiger partial charge in [0.1, 0.15) is 5.82 Å². The number of hydrogen-bond acceptors (Lipinski definition) is 1. The zero-order valence-corrected chi connectivity index (χ0v) is 10.6. The van der Waals surface area contributed by atoms with E-state index in [0.29, 0.717) is 16.0 Å². The molecule has 0 spiro atoms. The summed E-state index contributed by atoms with van der Waals surface area (Å²) in [5, 5.41) is 0. The van der Waals surface area contributed by atoms with Gasteiger partial charge in [0.05, 0.1) is 5.56 Å². The number of carbonyl (C=O) groups is 1. The summed E-state index contributed by atoms with van der Waals surface area (Å²) in [6.45, 7) is 0.794. The van der Waals surface area contributed by atoms with E-state index in [0.717, 1.165) is 6.54 Å². The van der Waals surface area contributed by atoms with Gasteiger partial charge in [0, 0.05) is 18.1 Å². The lowest BCUT2D eigenvalue weighted by molar-refractivity contribution is 0.0787. The second kappa shape index (κ2) is 4.53. The Balaban J connectivity index is 2.12. The van der Waals surface area contributed by atoms with Gasteiger partial charge in [0.2, 0.25) is 0 Å². The van der Waals surface area contributed by atoms with E-state index in [4.69, 9.17) is 0 Å². The third-order valence-corrected chi connectivity index (χ3v) is 3.39. The van der Waals surface area contributed by atoms with Crippen molar-refractivity contribution in [3.63, 3.8) is 0 Å². The lowest BCUT2D eigenvalue weighted by atomic mass is 10.2. The summed E-state index contributed by atoms with van der Waals surface area (Å²) in [7, 11) is 1.79. The van der Waals surface area contributed by atoms with Gasteiger partial charge in [0.25, 0.3) is 5.91 Å². The zero-order valence-electron chi connectivity index (χ0n) is 9.04. The van der Waals surface area contributed by atoms with Crippen LogP contribution in [0.5, 0.6) is 0 Å². The molecule has 1 amide bonds. The van der Waals surface area contributed by atoms with Crippen LogP contribution in [0.2, 0.25) is 0 Å². The third-order valence-electron chi connectivity index (χ3n) is 2.74. The lowest BCUT2D eigenvalue weighted by Gasteiger charge is -2.17. The standard InChI is InChI=1S/C12H13BrFNO/c1-15(7-8-2-3-8)12(16)10-5-4-9(14)6-11(10)13/h4-6,8H,2-3,7H2,1H3. The molecule has 0 aromatic heterocycles. The van der Waals surface area contributed by atoms with Gasteiger partial charge in [-0.2, -0.15) is 0 Å². The molecule has 1 aromatic rings. The van der Waals surface area contributed by atoms with Crippen LogP contribution >= 0.6 is 15.9 Å². The Morgan fingerprint density at radius 1 is 1.56 bits per heavy atom. The molecule has 1 fully saturated rings. The van der Waals surface area contributed by atoms with Gasteiger partial charge in [-0.25, -0.2) is 4.39 Å². The van der Waals surface area contributed by atoms with E-state index in [1.54, 1.807) is 11.9 Å². The van der Waals surface area contributed by atoms with Gasteiger partial charge >= 0.3 is 0 Å². The molecule has 0 heterocycles. The van der Waals surface area contributed by atoms with Gasteiger partial charge in [-0.15, -0.1) is 0 Å². The fourth-order valence-electron chi connectivity index (χ4n) is 1.64. The van der Waals surface area contributed by atoms with Crippen molar-refractivity contribution >= 4 is 21.8 Å². The third kappa shape index (κ3) is 2.61. The number of halogens is 2. The second-order valence-corrected chi connectivity index (χ2v) is 5.11. The van der Waals surface area contributed by atoms with Crippen molar-refractivity contribution in [2.45, 2.75) is 12.8 Å². The van der Waals surface area contributed by atoms with Crippen molar-refractivity contribution in [3.8, 4) is 0 Å². The molecular formula is C12H13BrFNO. The maximum atomic E-state index is 12.9. The molecule has 2 rings (SSSR count). The summed E-state index contributed by atoms with van der Waals surface area (Å²) in [4.78, 5) is 13.7. The monoisotopic (exact) mass is 285 g/mol. The highest BCUT2D eigenvalue weighted by Gasteiger charge is 2.25. The molecule has 0 unspecified atom stereocenters. The van der Waals surface area contributed by atoms with Crippen molar-refractivity contribution in [1.29, 1.82) is 0 Å². The summed E-state index contributed by atoms with van der Waals surface area (Å²) in [5.74, 6) is 0.264. The first kappa shape index (κ1) is 11.6. The van der Waals surface area contributed by atoms with Crippen molar-refractivity contribution in [1.82, 2.24) is 4.90 Å². The van der Waals surface area contributed by atoms with Gasteiger partial charge in [-0.3, -0.25) is 4.79 Å². The van der Waals surface area contributed by atoms with E-state index in [1.165, 1.54) is 31.0 Å². The number of hydrogen-bond donors (Lipinski definition) is 0. The summed E-state index contributed by atoms with van der Waals surface area (Å²) in [5.41, 5.74) is 0.518. The second-order valence-electron chi connectivity index (χ2n) is 4.25. The van der Waals surface area contributed by atoms with Crippen LogP contribution in [0.1, 0.15) is 23.2 Å². The van der Waals surface area contributed by atoms with Crippen LogP contribution in [0.15, 0.2) is 22.7 Å². The maximum absolute atomic E-state index is 12.9. The first-order valence-corrected chi connectivity index (χ1v) is 6.07. The van der Waals surface area contributed by atoms with Gasteiger partial charge in [-0.1, -0.05) is 0 Å². The van der Waals surface area contributed by atoms with Crippen molar-refractivity contribution in [2.24, 2.45) is 5.92 Å². The fraction of sp³-hybridized carbons (Fsp3) is 0.417. The van der Waals surface area contributed by atoms with E-state index in [9.17, 15) is 9.18 Å². The molecule has 0 aliphatic heterocycles. The number of rotatable bonds is 3. The number of amides is 1. The van der Waals surface area contributed by atoms with Crippen molar-refractivity contribution in [2.75, 3.05) is 13.6 Å². The summed E-state index contributed by atoms with van der Waals surface area (Å²) < 4.78 is 13.4. The predicted molar refractivity (Wildman–Crippen MR) is 63.8 cm³/mol. The number of nitrogens with zero attached hydrogens (tertiary/aromatic N) is 1. The first-order valence-electron chi connectivity index (χ1n) is 5.28. The molecule has 16 heavy (non-hydrogen) atoms. The Bertz CT molecular complexity index is 417. The average molecular weight is 286 g/mol. The molecule has 0 radical (unpaired) electrons. The fourth-order valence-corrected chi connectivity index (χ4v) is 2.16. The van der Waals surface area contributed by atoms with Gasteiger partial charge < -0.3 is 4.90 Å². The molecule has 1 aliphatic carbocycles. The SMILES string of the molecule is CN(CC1CC1)C(=O)c1ccc(F)cc1Br. The Hall–Kier alpha value is -0.900. The molecule has 1 aliphatic rings. The minimum absolute atomic E-state index is 0.0567. The summed E-state index contributed by atoms with van der Waals surface area (Å²) >= 11 is 3.21. The maximum Gasteiger partial charge on any atom is 0.254 e. The van der Waals surface area contributed by atoms with E-state index < -0.39 is 0 Å². The molecule has 0 atom stereocenters. The van der Waals surface area contributed by atoms with E-state index >= 15 is 0 Å². The van der Waals surface area contributed by atoms with E-state index in [1.807, 2.05) is 0 Å². The van der Waals surface area contributed by atoms with Crippen LogP contribution in [0.3, 0.4) is 0 Å². The molecule has 0 saturated heterocycles. The van der Waals surface area contributed by atoms with Crippen molar-refractivity contribution in [3.05, 3.63) is 34.1 Å². The Labute approximate surface area is 103 Å². The van der Waals surface area contributed by atoms with Crippen molar-refractivity contribution < 1.29 is 9.18 Å². The Kier molecular flexibility index (Phi) is 3.28. The van der Waals surface area contributed by atoms with E-state index in [-0.39, 0.29) is 11.7 Å². The Morgan fingerprint density at radius 3 is 2.81 bits per heavy atom. The molecular weight excluding hydrogens is 273 g/mol.